The summed E-state index contributed by atoms with van der Waals surface area (Å²) in [5, 5.41) is 4.62. The van der Waals surface area contributed by atoms with Crippen LogP contribution >= 0.6 is 72.7 Å². The van der Waals surface area contributed by atoms with E-state index in [9.17, 15) is 4.79 Å². The molecule has 29 heavy (non-hydrogen) atoms. The average molecular weight is 696 g/mol. The smallest absolute Gasteiger partial charge is 0.271 e. The van der Waals surface area contributed by atoms with Crippen molar-refractivity contribution in [1.29, 1.82) is 0 Å². The van der Waals surface area contributed by atoms with E-state index in [0.29, 0.717) is 17.2 Å². The van der Waals surface area contributed by atoms with Gasteiger partial charge in [-0.25, -0.2) is 5.43 Å². The van der Waals surface area contributed by atoms with Crippen LogP contribution in [0.1, 0.15) is 21.5 Å². The molecule has 3 rings (SSSR count). The van der Waals surface area contributed by atoms with Crippen molar-refractivity contribution >= 4 is 84.8 Å². The molecule has 4 nitrogen and oxygen atoms in total. The molecule has 0 radical (unpaired) electrons. The lowest BCUT2D eigenvalue weighted by Crippen LogP contribution is -2.17. The molecule has 0 aliphatic heterocycles. The van der Waals surface area contributed by atoms with E-state index in [1.807, 2.05) is 36.4 Å². The number of carbonyl (C=O) groups excluding carboxylic acids is 1. The number of halogens is 4. The van der Waals surface area contributed by atoms with E-state index in [1.54, 1.807) is 30.5 Å². The van der Waals surface area contributed by atoms with Gasteiger partial charge in [-0.05, 0) is 105 Å². The SMILES string of the molecule is O=C(N/N=C\c1cc(I)c(OCc2ccc(Br)cc2)c(I)c1)c1ccc(Cl)cc1. The van der Waals surface area contributed by atoms with Crippen LogP contribution in [0, 0.1) is 7.14 Å². The van der Waals surface area contributed by atoms with E-state index in [2.05, 4.69) is 71.6 Å². The number of hydrazone groups is 1. The molecule has 8 heteroatoms. The third kappa shape index (κ3) is 6.66. The molecular formula is C21H14BrClI2N2O2. The number of hydrogen-bond donors (Lipinski definition) is 1. The highest BCUT2D eigenvalue weighted by Gasteiger charge is 2.09. The minimum Gasteiger partial charge on any atom is -0.487 e. The topological polar surface area (TPSA) is 50.7 Å². The lowest BCUT2D eigenvalue weighted by atomic mass is 10.2. The lowest BCUT2D eigenvalue weighted by molar-refractivity contribution is 0.0955. The van der Waals surface area contributed by atoms with Crippen molar-refractivity contribution in [2.24, 2.45) is 5.10 Å². The van der Waals surface area contributed by atoms with Crippen LogP contribution in [0.25, 0.3) is 0 Å². The molecule has 0 aromatic heterocycles. The van der Waals surface area contributed by atoms with Gasteiger partial charge in [-0.3, -0.25) is 4.79 Å². The van der Waals surface area contributed by atoms with E-state index in [1.165, 1.54) is 0 Å². The third-order valence-corrected chi connectivity index (χ3v) is 6.19. The van der Waals surface area contributed by atoms with Crippen molar-refractivity contribution in [1.82, 2.24) is 5.43 Å². The highest BCUT2D eigenvalue weighted by molar-refractivity contribution is 14.1. The van der Waals surface area contributed by atoms with Gasteiger partial charge in [0.25, 0.3) is 5.91 Å². The minimum atomic E-state index is -0.295. The zero-order chi connectivity index (χ0) is 20.8. The number of rotatable bonds is 6. The van der Waals surface area contributed by atoms with Crippen LogP contribution in [-0.4, -0.2) is 12.1 Å². The summed E-state index contributed by atoms with van der Waals surface area (Å²) >= 11 is 13.7. The molecule has 0 bridgehead atoms. The summed E-state index contributed by atoms with van der Waals surface area (Å²) in [4.78, 5) is 12.1. The number of amides is 1. The Labute approximate surface area is 209 Å². The fourth-order valence-corrected chi connectivity index (χ4v) is 4.88. The monoisotopic (exact) mass is 694 g/mol. The first-order valence-corrected chi connectivity index (χ1v) is 11.7. The number of nitrogens with zero attached hydrogens (tertiary/aromatic N) is 1. The van der Waals surface area contributed by atoms with Gasteiger partial charge in [0.05, 0.1) is 13.4 Å². The highest BCUT2D eigenvalue weighted by atomic mass is 127. The molecule has 148 valence electrons. The van der Waals surface area contributed by atoms with Crippen molar-refractivity contribution in [3.63, 3.8) is 0 Å². The predicted octanol–water partition coefficient (Wildman–Crippen LogP) is 6.65. The Morgan fingerprint density at radius 1 is 1.07 bits per heavy atom. The van der Waals surface area contributed by atoms with Gasteiger partial charge in [-0.2, -0.15) is 5.10 Å². The van der Waals surface area contributed by atoms with E-state index < -0.39 is 0 Å². The van der Waals surface area contributed by atoms with Gasteiger partial charge in [-0.15, -0.1) is 0 Å². The molecule has 0 atom stereocenters. The Hall–Kier alpha value is -1.17. The summed E-state index contributed by atoms with van der Waals surface area (Å²) in [6, 6.07) is 18.6. The van der Waals surface area contributed by atoms with Crippen LogP contribution in [0.15, 0.2) is 70.2 Å². The molecule has 0 aliphatic rings. The molecular weight excluding hydrogens is 681 g/mol. The predicted molar refractivity (Wildman–Crippen MR) is 137 cm³/mol. The summed E-state index contributed by atoms with van der Waals surface area (Å²) in [6.45, 7) is 0.490. The summed E-state index contributed by atoms with van der Waals surface area (Å²) in [7, 11) is 0. The summed E-state index contributed by atoms with van der Waals surface area (Å²) < 4.78 is 8.98. The molecule has 1 N–H and O–H groups in total. The maximum Gasteiger partial charge on any atom is 0.271 e. The highest BCUT2D eigenvalue weighted by Crippen LogP contribution is 2.29. The Morgan fingerprint density at radius 2 is 1.69 bits per heavy atom. The van der Waals surface area contributed by atoms with E-state index in [0.717, 1.165) is 28.5 Å². The van der Waals surface area contributed by atoms with Crippen molar-refractivity contribution in [3.8, 4) is 5.75 Å². The largest absolute Gasteiger partial charge is 0.487 e. The summed E-state index contributed by atoms with van der Waals surface area (Å²) in [6.07, 6.45) is 1.61. The second-order valence-corrected chi connectivity index (χ2v) is 9.61. The first-order chi connectivity index (χ1) is 13.9. The van der Waals surface area contributed by atoms with Crippen LogP contribution in [0.4, 0.5) is 0 Å². The fraction of sp³-hybridized carbons (Fsp3) is 0.0476. The number of ether oxygens (including phenoxy) is 1. The van der Waals surface area contributed by atoms with Crippen LogP contribution in [0.5, 0.6) is 5.75 Å². The van der Waals surface area contributed by atoms with E-state index in [4.69, 9.17) is 16.3 Å². The average Bonchev–Trinajstić information content (AvgIpc) is 2.69. The number of benzene rings is 3. The van der Waals surface area contributed by atoms with E-state index >= 15 is 0 Å². The minimum absolute atomic E-state index is 0.295. The Balaban J connectivity index is 1.63. The molecule has 1 amide bonds. The van der Waals surface area contributed by atoms with Crippen molar-refractivity contribution in [3.05, 3.63) is 94.0 Å². The third-order valence-electron chi connectivity index (χ3n) is 3.80. The van der Waals surface area contributed by atoms with Gasteiger partial charge in [0.15, 0.2) is 0 Å². The fourth-order valence-electron chi connectivity index (χ4n) is 2.36. The molecule has 0 spiro atoms. The van der Waals surface area contributed by atoms with Gasteiger partial charge in [-0.1, -0.05) is 39.7 Å². The summed E-state index contributed by atoms with van der Waals surface area (Å²) in [5.74, 6) is 0.535. The Kier molecular flexibility index (Phi) is 8.34. The van der Waals surface area contributed by atoms with Crippen LogP contribution in [0.2, 0.25) is 5.02 Å². The van der Waals surface area contributed by atoms with Gasteiger partial charge in [0.2, 0.25) is 0 Å². The van der Waals surface area contributed by atoms with Gasteiger partial charge >= 0.3 is 0 Å². The standard InChI is InChI=1S/C21H14BrClI2N2O2/c22-16-5-1-13(2-6-16)12-29-20-18(24)9-14(10-19(20)25)11-26-27-21(28)15-3-7-17(23)8-4-15/h1-11H,12H2,(H,27,28)/b26-11-. The normalized spacial score (nSPS) is 10.9. The Bertz CT molecular complexity index is 1020. The zero-order valence-electron chi connectivity index (χ0n) is 14.8. The molecule has 0 saturated carbocycles. The lowest BCUT2D eigenvalue weighted by Gasteiger charge is -2.11. The maximum absolute atomic E-state index is 12.1. The molecule has 3 aromatic rings. The molecule has 0 fully saturated rings. The molecule has 0 aliphatic carbocycles. The maximum atomic E-state index is 12.1. The first-order valence-electron chi connectivity index (χ1n) is 8.37. The second kappa shape index (κ2) is 10.7. The molecule has 0 unspecified atom stereocenters. The van der Waals surface area contributed by atoms with Crippen molar-refractivity contribution in [2.45, 2.75) is 6.61 Å². The quantitative estimate of drug-likeness (QED) is 0.178. The van der Waals surface area contributed by atoms with Crippen molar-refractivity contribution in [2.75, 3.05) is 0 Å². The number of nitrogens with one attached hydrogen (secondary N) is 1. The van der Waals surface area contributed by atoms with Crippen LogP contribution in [0.3, 0.4) is 0 Å². The zero-order valence-corrected chi connectivity index (χ0v) is 21.5. The molecule has 0 heterocycles. The number of hydrogen-bond acceptors (Lipinski definition) is 3. The Morgan fingerprint density at radius 3 is 2.31 bits per heavy atom. The molecule has 0 saturated heterocycles. The number of carbonyl (C=O) groups is 1. The van der Waals surface area contributed by atoms with Gasteiger partial charge in [0.1, 0.15) is 12.4 Å². The summed E-state index contributed by atoms with van der Waals surface area (Å²) in [5.41, 5.74) is 4.97. The van der Waals surface area contributed by atoms with Crippen LogP contribution < -0.4 is 10.2 Å². The van der Waals surface area contributed by atoms with E-state index in [-0.39, 0.29) is 5.91 Å². The first kappa shape index (κ1) is 22.5. The van der Waals surface area contributed by atoms with Gasteiger partial charge < -0.3 is 4.74 Å². The van der Waals surface area contributed by atoms with Crippen molar-refractivity contribution < 1.29 is 9.53 Å². The second-order valence-electron chi connectivity index (χ2n) is 5.93. The van der Waals surface area contributed by atoms with Gasteiger partial charge in [0, 0.05) is 15.1 Å². The van der Waals surface area contributed by atoms with Crippen LogP contribution in [-0.2, 0) is 6.61 Å². The molecule has 3 aromatic carbocycles.